The third-order valence-electron chi connectivity index (χ3n) is 5.20. The molecular formula is C24H28FN3O4. The fourth-order valence-electron chi connectivity index (χ4n) is 3.39. The first-order valence-electron chi connectivity index (χ1n) is 10.7. The van der Waals surface area contributed by atoms with Crippen LogP contribution in [0.3, 0.4) is 0 Å². The summed E-state index contributed by atoms with van der Waals surface area (Å²) in [6, 6.07) is 11.8. The van der Waals surface area contributed by atoms with Crippen molar-refractivity contribution >= 4 is 23.6 Å². The minimum absolute atomic E-state index is 0.104. The lowest BCUT2D eigenvalue weighted by Gasteiger charge is -2.24. The quantitative estimate of drug-likeness (QED) is 0.648. The molecule has 7 nitrogen and oxygen atoms in total. The molecule has 0 aromatic heterocycles. The van der Waals surface area contributed by atoms with Crippen molar-refractivity contribution in [2.24, 2.45) is 5.92 Å². The fraction of sp³-hybridized carbons (Fsp3) is 0.375. The number of halogens is 1. The monoisotopic (exact) mass is 441 g/mol. The molecule has 1 saturated heterocycles. The molecule has 2 N–H and O–H groups in total. The van der Waals surface area contributed by atoms with Gasteiger partial charge < -0.3 is 15.4 Å². The highest BCUT2D eigenvalue weighted by Crippen LogP contribution is 2.34. The number of rotatable bonds is 8. The summed E-state index contributed by atoms with van der Waals surface area (Å²) >= 11 is 0. The van der Waals surface area contributed by atoms with Gasteiger partial charge in [-0.3, -0.25) is 14.5 Å². The number of cyclic esters (lactones) is 1. The molecule has 0 saturated carbocycles. The summed E-state index contributed by atoms with van der Waals surface area (Å²) in [5.41, 5.74) is 1.94. The predicted octanol–water partition coefficient (Wildman–Crippen LogP) is 4.01. The van der Waals surface area contributed by atoms with Crippen LogP contribution in [0.15, 0.2) is 48.5 Å². The Hall–Kier alpha value is -3.42. The van der Waals surface area contributed by atoms with Gasteiger partial charge in [-0.15, -0.1) is 0 Å². The van der Waals surface area contributed by atoms with Gasteiger partial charge in [0.15, 0.2) is 12.1 Å². The van der Waals surface area contributed by atoms with Crippen LogP contribution >= 0.6 is 0 Å². The Morgan fingerprint density at radius 2 is 1.75 bits per heavy atom. The highest BCUT2D eigenvalue weighted by Gasteiger charge is 2.46. The van der Waals surface area contributed by atoms with Crippen LogP contribution in [0.4, 0.5) is 14.9 Å². The smallest absolute Gasteiger partial charge is 0.411 e. The number of benzene rings is 2. The molecule has 1 heterocycles. The molecule has 1 aliphatic heterocycles. The van der Waals surface area contributed by atoms with E-state index in [4.69, 9.17) is 4.74 Å². The molecule has 2 atom stereocenters. The van der Waals surface area contributed by atoms with E-state index in [1.807, 2.05) is 6.92 Å². The lowest BCUT2D eigenvalue weighted by molar-refractivity contribution is -0.126. The second-order valence-corrected chi connectivity index (χ2v) is 8.06. The van der Waals surface area contributed by atoms with Gasteiger partial charge in [0.25, 0.3) is 0 Å². The number of carbonyl (C=O) groups is 3. The van der Waals surface area contributed by atoms with E-state index < -0.39 is 18.2 Å². The molecule has 2 aromatic rings. The number of hydrogen-bond donors (Lipinski definition) is 2. The van der Waals surface area contributed by atoms with E-state index in [2.05, 4.69) is 10.6 Å². The van der Waals surface area contributed by atoms with Gasteiger partial charge in [0.05, 0.1) is 6.54 Å². The van der Waals surface area contributed by atoms with Crippen LogP contribution in [0.25, 0.3) is 0 Å². The van der Waals surface area contributed by atoms with Gasteiger partial charge >= 0.3 is 6.09 Å². The number of ether oxygens (including phenoxy) is 1. The Bertz CT molecular complexity index is 960. The number of nitrogens with zero attached hydrogens (tertiary/aromatic N) is 1. The normalized spacial score (nSPS) is 17.9. The van der Waals surface area contributed by atoms with Crippen LogP contribution in [0.2, 0.25) is 0 Å². The molecule has 8 heteroatoms. The lowest BCUT2D eigenvalue weighted by atomic mass is 10.00. The van der Waals surface area contributed by atoms with Gasteiger partial charge in [0.2, 0.25) is 11.8 Å². The second-order valence-electron chi connectivity index (χ2n) is 8.06. The second kappa shape index (κ2) is 10.3. The minimum atomic E-state index is -0.879. The average molecular weight is 442 g/mol. The van der Waals surface area contributed by atoms with E-state index >= 15 is 0 Å². The zero-order valence-corrected chi connectivity index (χ0v) is 18.4. The van der Waals surface area contributed by atoms with E-state index in [9.17, 15) is 18.8 Å². The number of carbonyl (C=O) groups excluding carboxylic acids is 3. The molecule has 1 fully saturated rings. The third-order valence-corrected chi connectivity index (χ3v) is 5.20. The molecule has 3 amide bonds. The zero-order chi connectivity index (χ0) is 23.3. The molecule has 0 spiro atoms. The average Bonchev–Trinajstić information content (AvgIpc) is 3.10. The maximum absolute atomic E-state index is 13.3. The first-order chi connectivity index (χ1) is 15.3. The van der Waals surface area contributed by atoms with Gasteiger partial charge in [0, 0.05) is 18.2 Å². The molecule has 2 aromatic carbocycles. The van der Waals surface area contributed by atoms with Crippen LogP contribution < -0.4 is 10.6 Å². The Labute approximate surface area is 186 Å². The van der Waals surface area contributed by atoms with Gasteiger partial charge in [0.1, 0.15) is 5.82 Å². The van der Waals surface area contributed by atoms with E-state index in [0.29, 0.717) is 23.4 Å². The molecule has 3 rings (SSSR count). The van der Waals surface area contributed by atoms with Crippen LogP contribution in [-0.2, 0) is 20.9 Å². The topological polar surface area (TPSA) is 87.7 Å². The fourth-order valence-corrected chi connectivity index (χ4v) is 3.39. The number of nitrogens with one attached hydrogen (secondary N) is 2. The molecule has 32 heavy (non-hydrogen) atoms. The highest BCUT2D eigenvalue weighted by atomic mass is 19.1. The standard InChI is InChI=1S/C24H28FN3O4/c1-4-13-26-23(30)20-21(17-7-11-19(12-8-17)27-22(29)15(2)3)32-24(31)28(20)14-16-5-9-18(25)10-6-16/h5-12,15,20-21H,4,13-14H2,1-3H3,(H,26,30)(H,27,29)/t20-,21+/m0/s1. The van der Waals surface area contributed by atoms with E-state index in [0.717, 1.165) is 6.42 Å². The Kier molecular flexibility index (Phi) is 7.45. The Morgan fingerprint density at radius 3 is 2.34 bits per heavy atom. The lowest BCUT2D eigenvalue weighted by Crippen LogP contribution is -2.46. The summed E-state index contributed by atoms with van der Waals surface area (Å²) in [6.07, 6.45) is -0.678. The van der Waals surface area contributed by atoms with E-state index in [-0.39, 0.29) is 30.1 Å². The SMILES string of the molecule is CCCNC(=O)[C@@H]1[C@@H](c2ccc(NC(=O)C(C)C)cc2)OC(=O)N1Cc1ccc(F)cc1. The molecule has 170 valence electrons. The molecule has 0 unspecified atom stereocenters. The van der Waals surface area contributed by atoms with Crippen LogP contribution in [-0.4, -0.2) is 35.4 Å². The summed E-state index contributed by atoms with van der Waals surface area (Å²) in [6.45, 7) is 6.13. The van der Waals surface area contributed by atoms with Gasteiger partial charge in [-0.25, -0.2) is 9.18 Å². The van der Waals surface area contributed by atoms with Gasteiger partial charge in [-0.05, 0) is 41.8 Å². The summed E-state index contributed by atoms with van der Waals surface area (Å²) in [4.78, 5) is 38.9. The first kappa shape index (κ1) is 23.2. The van der Waals surface area contributed by atoms with E-state index in [1.165, 1.54) is 17.0 Å². The van der Waals surface area contributed by atoms with Crippen LogP contribution in [0, 0.1) is 11.7 Å². The number of amides is 3. The number of anilines is 1. The summed E-state index contributed by atoms with van der Waals surface area (Å²) in [5, 5.41) is 5.65. The molecule has 1 aliphatic rings. The van der Waals surface area contributed by atoms with Crippen LogP contribution in [0.5, 0.6) is 0 Å². The first-order valence-corrected chi connectivity index (χ1v) is 10.7. The largest absolute Gasteiger partial charge is 0.438 e. The van der Waals surface area contributed by atoms with Crippen molar-refractivity contribution in [3.05, 3.63) is 65.5 Å². The Balaban J connectivity index is 1.84. The number of hydrogen-bond acceptors (Lipinski definition) is 4. The highest BCUT2D eigenvalue weighted by molar-refractivity contribution is 5.92. The maximum atomic E-state index is 13.3. The van der Waals surface area contributed by atoms with Gasteiger partial charge in [-0.1, -0.05) is 45.0 Å². The summed E-state index contributed by atoms with van der Waals surface area (Å²) in [7, 11) is 0. The molecule has 0 radical (unpaired) electrons. The maximum Gasteiger partial charge on any atom is 0.411 e. The Morgan fingerprint density at radius 1 is 1.09 bits per heavy atom. The molecular weight excluding hydrogens is 413 g/mol. The molecule has 0 bridgehead atoms. The van der Waals surface area contributed by atoms with Crippen molar-refractivity contribution in [3.8, 4) is 0 Å². The van der Waals surface area contributed by atoms with E-state index in [1.54, 1.807) is 50.2 Å². The third kappa shape index (κ3) is 5.43. The van der Waals surface area contributed by atoms with Crippen molar-refractivity contribution in [2.45, 2.75) is 45.9 Å². The van der Waals surface area contributed by atoms with Crippen molar-refractivity contribution in [3.63, 3.8) is 0 Å². The summed E-state index contributed by atoms with van der Waals surface area (Å²) in [5.74, 6) is -0.955. The predicted molar refractivity (Wildman–Crippen MR) is 118 cm³/mol. The minimum Gasteiger partial charge on any atom is -0.438 e. The zero-order valence-electron chi connectivity index (χ0n) is 18.4. The van der Waals surface area contributed by atoms with Crippen molar-refractivity contribution in [1.82, 2.24) is 10.2 Å². The summed E-state index contributed by atoms with van der Waals surface area (Å²) < 4.78 is 18.9. The van der Waals surface area contributed by atoms with Crippen molar-refractivity contribution in [1.29, 1.82) is 0 Å². The van der Waals surface area contributed by atoms with Crippen molar-refractivity contribution in [2.75, 3.05) is 11.9 Å². The van der Waals surface area contributed by atoms with Crippen molar-refractivity contribution < 1.29 is 23.5 Å². The van der Waals surface area contributed by atoms with Crippen LogP contribution in [0.1, 0.15) is 44.4 Å². The van der Waals surface area contributed by atoms with Gasteiger partial charge in [-0.2, -0.15) is 0 Å². The molecule has 0 aliphatic carbocycles.